The largest absolute Gasteiger partial charge is 0.495 e. The van der Waals surface area contributed by atoms with Gasteiger partial charge in [-0.3, -0.25) is 4.79 Å². The third-order valence-electron chi connectivity index (χ3n) is 2.38. The van der Waals surface area contributed by atoms with E-state index < -0.39 is 0 Å². The van der Waals surface area contributed by atoms with Crippen LogP contribution in [0.1, 0.15) is 26.7 Å². The van der Waals surface area contributed by atoms with Gasteiger partial charge in [-0.2, -0.15) is 0 Å². The number of halogens is 1. The molecule has 0 saturated carbocycles. The first kappa shape index (κ1) is 13.8. The number of hydrogen-bond acceptors (Lipinski definition) is 2. The van der Waals surface area contributed by atoms with E-state index in [0.29, 0.717) is 28.8 Å². The van der Waals surface area contributed by atoms with Crippen molar-refractivity contribution < 1.29 is 9.53 Å². The van der Waals surface area contributed by atoms with Crippen molar-refractivity contribution in [3.8, 4) is 5.75 Å². The van der Waals surface area contributed by atoms with Gasteiger partial charge in [-0.05, 0) is 30.5 Å². The third-order valence-corrected chi connectivity index (χ3v) is 2.62. The number of anilines is 1. The third kappa shape index (κ3) is 4.65. The first-order chi connectivity index (χ1) is 8.02. The van der Waals surface area contributed by atoms with Gasteiger partial charge in [0, 0.05) is 11.4 Å². The average molecular weight is 256 g/mol. The van der Waals surface area contributed by atoms with Gasteiger partial charge in [0.2, 0.25) is 5.91 Å². The lowest BCUT2D eigenvalue weighted by molar-refractivity contribution is -0.116. The predicted octanol–water partition coefficient (Wildman–Crippen LogP) is 3.72. The number of ether oxygens (including phenoxy) is 1. The second kappa shape index (κ2) is 6.50. The summed E-state index contributed by atoms with van der Waals surface area (Å²) in [6.07, 6.45) is 1.38. The molecule has 1 N–H and O–H groups in total. The minimum Gasteiger partial charge on any atom is -0.495 e. The summed E-state index contributed by atoms with van der Waals surface area (Å²) in [6.45, 7) is 4.18. The van der Waals surface area contributed by atoms with Crippen molar-refractivity contribution in [1.82, 2.24) is 0 Å². The van der Waals surface area contributed by atoms with Crippen LogP contribution < -0.4 is 10.1 Å². The van der Waals surface area contributed by atoms with Gasteiger partial charge in [-0.1, -0.05) is 25.4 Å². The number of rotatable bonds is 5. The highest BCUT2D eigenvalue weighted by Crippen LogP contribution is 2.27. The summed E-state index contributed by atoms with van der Waals surface area (Å²) >= 11 is 5.88. The molecule has 1 amide bonds. The first-order valence-corrected chi connectivity index (χ1v) is 6.04. The highest BCUT2D eigenvalue weighted by Gasteiger charge is 2.08. The summed E-state index contributed by atoms with van der Waals surface area (Å²) in [7, 11) is 1.56. The van der Waals surface area contributed by atoms with Gasteiger partial charge < -0.3 is 10.1 Å². The van der Waals surface area contributed by atoms with Gasteiger partial charge in [-0.15, -0.1) is 0 Å². The number of methoxy groups -OCH3 is 1. The molecule has 94 valence electrons. The van der Waals surface area contributed by atoms with Crippen molar-refractivity contribution in [3.05, 3.63) is 23.2 Å². The Kier molecular flexibility index (Phi) is 5.29. The van der Waals surface area contributed by atoms with E-state index >= 15 is 0 Å². The second-order valence-electron chi connectivity index (χ2n) is 4.33. The lowest BCUT2D eigenvalue weighted by Gasteiger charge is -2.11. The van der Waals surface area contributed by atoms with E-state index in [1.54, 1.807) is 25.3 Å². The van der Waals surface area contributed by atoms with Crippen LogP contribution in [0.3, 0.4) is 0 Å². The molecule has 3 nitrogen and oxygen atoms in total. The zero-order valence-corrected chi connectivity index (χ0v) is 11.2. The molecule has 0 aromatic heterocycles. The Morgan fingerprint density at radius 1 is 1.47 bits per heavy atom. The molecular formula is C13H18ClNO2. The van der Waals surface area contributed by atoms with Gasteiger partial charge in [0.05, 0.1) is 12.8 Å². The molecule has 1 aromatic carbocycles. The molecule has 0 aliphatic carbocycles. The van der Waals surface area contributed by atoms with Crippen LogP contribution >= 0.6 is 11.6 Å². The summed E-state index contributed by atoms with van der Waals surface area (Å²) in [6, 6.07) is 5.15. The maximum Gasteiger partial charge on any atom is 0.224 e. The van der Waals surface area contributed by atoms with E-state index in [-0.39, 0.29) is 5.91 Å². The van der Waals surface area contributed by atoms with E-state index in [1.807, 2.05) is 0 Å². The molecule has 0 saturated heterocycles. The number of nitrogens with one attached hydrogen (secondary N) is 1. The maximum atomic E-state index is 11.7. The van der Waals surface area contributed by atoms with Crippen LogP contribution in [0.5, 0.6) is 5.75 Å². The zero-order valence-electron chi connectivity index (χ0n) is 10.4. The van der Waals surface area contributed by atoms with E-state index in [1.165, 1.54) is 0 Å². The summed E-state index contributed by atoms with van der Waals surface area (Å²) in [5.41, 5.74) is 0.619. The van der Waals surface area contributed by atoms with E-state index in [0.717, 1.165) is 6.42 Å². The summed E-state index contributed by atoms with van der Waals surface area (Å²) < 4.78 is 5.15. The molecule has 0 aliphatic rings. The highest BCUT2D eigenvalue weighted by molar-refractivity contribution is 6.31. The fourth-order valence-electron chi connectivity index (χ4n) is 1.41. The summed E-state index contributed by atoms with van der Waals surface area (Å²) in [4.78, 5) is 11.7. The maximum absolute atomic E-state index is 11.7. The molecule has 0 radical (unpaired) electrons. The number of carbonyl (C=O) groups is 1. The summed E-state index contributed by atoms with van der Waals surface area (Å²) in [5, 5.41) is 3.38. The normalized spacial score (nSPS) is 10.4. The van der Waals surface area contributed by atoms with Crippen molar-refractivity contribution in [2.75, 3.05) is 12.4 Å². The van der Waals surface area contributed by atoms with E-state index in [9.17, 15) is 4.79 Å². The SMILES string of the molecule is COc1ccc(Cl)cc1NC(=O)CCC(C)C. The molecule has 0 fully saturated rings. The lowest BCUT2D eigenvalue weighted by Crippen LogP contribution is -2.12. The predicted molar refractivity (Wildman–Crippen MR) is 70.7 cm³/mol. The smallest absolute Gasteiger partial charge is 0.224 e. The molecule has 17 heavy (non-hydrogen) atoms. The van der Waals surface area contributed by atoms with Crippen LogP contribution in [-0.4, -0.2) is 13.0 Å². The Hall–Kier alpha value is -1.22. The van der Waals surface area contributed by atoms with Crippen molar-refractivity contribution in [1.29, 1.82) is 0 Å². The van der Waals surface area contributed by atoms with Crippen molar-refractivity contribution in [2.24, 2.45) is 5.92 Å². The molecule has 0 atom stereocenters. The molecule has 0 aliphatic heterocycles. The van der Waals surface area contributed by atoms with Gasteiger partial charge in [0.1, 0.15) is 5.75 Å². The Bertz CT molecular complexity index is 391. The fraction of sp³-hybridized carbons (Fsp3) is 0.462. The van der Waals surface area contributed by atoms with Gasteiger partial charge in [0.25, 0.3) is 0 Å². The van der Waals surface area contributed by atoms with Gasteiger partial charge in [0.15, 0.2) is 0 Å². The number of hydrogen-bond donors (Lipinski definition) is 1. The van der Waals surface area contributed by atoms with Crippen LogP contribution in [0.2, 0.25) is 5.02 Å². The molecule has 1 aromatic rings. The van der Waals surface area contributed by atoms with Crippen LogP contribution in [0.4, 0.5) is 5.69 Å². The van der Waals surface area contributed by atoms with Crippen LogP contribution in [0.15, 0.2) is 18.2 Å². The topological polar surface area (TPSA) is 38.3 Å². The molecule has 0 spiro atoms. The Morgan fingerprint density at radius 3 is 2.76 bits per heavy atom. The minimum atomic E-state index is -0.0146. The Labute approximate surface area is 107 Å². The highest BCUT2D eigenvalue weighted by atomic mass is 35.5. The first-order valence-electron chi connectivity index (χ1n) is 5.66. The molecule has 0 bridgehead atoms. The van der Waals surface area contributed by atoms with Crippen molar-refractivity contribution >= 4 is 23.2 Å². The lowest BCUT2D eigenvalue weighted by atomic mass is 10.1. The Balaban J connectivity index is 2.66. The van der Waals surface area contributed by atoms with Crippen LogP contribution in [-0.2, 0) is 4.79 Å². The molecule has 4 heteroatoms. The number of amides is 1. The molecule has 0 unspecified atom stereocenters. The minimum absolute atomic E-state index is 0.0146. The summed E-state index contributed by atoms with van der Waals surface area (Å²) in [5.74, 6) is 1.12. The second-order valence-corrected chi connectivity index (χ2v) is 4.76. The van der Waals surface area contributed by atoms with E-state index in [4.69, 9.17) is 16.3 Å². The average Bonchev–Trinajstić information content (AvgIpc) is 2.27. The Morgan fingerprint density at radius 2 is 2.18 bits per heavy atom. The van der Waals surface area contributed by atoms with Gasteiger partial charge in [-0.25, -0.2) is 0 Å². The van der Waals surface area contributed by atoms with Crippen LogP contribution in [0, 0.1) is 5.92 Å². The zero-order chi connectivity index (χ0) is 12.8. The number of carbonyl (C=O) groups excluding carboxylic acids is 1. The molecule has 1 rings (SSSR count). The fourth-order valence-corrected chi connectivity index (χ4v) is 1.58. The van der Waals surface area contributed by atoms with Gasteiger partial charge >= 0.3 is 0 Å². The quantitative estimate of drug-likeness (QED) is 0.871. The molecular weight excluding hydrogens is 238 g/mol. The van der Waals surface area contributed by atoms with Crippen molar-refractivity contribution in [2.45, 2.75) is 26.7 Å². The number of benzene rings is 1. The van der Waals surface area contributed by atoms with E-state index in [2.05, 4.69) is 19.2 Å². The van der Waals surface area contributed by atoms with Crippen LogP contribution in [0.25, 0.3) is 0 Å². The molecule has 0 heterocycles. The van der Waals surface area contributed by atoms with Crippen molar-refractivity contribution in [3.63, 3.8) is 0 Å². The monoisotopic (exact) mass is 255 g/mol. The standard InChI is InChI=1S/C13H18ClNO2/c1-9(2)4-7-13(16)15-11-8-10(14)5-6-12(11)17-3/h5-6,8-9H,4,7H2,1-3H3,(H,15,16).